The third kappa shape index (κ3) is 12.2. The van der Waals surface area contributed by atoms with Gasteiger partial charge in [-0.05, 0) is 80.6 Å². The van der Waals surface area contributed by atoms with Crippen molar-refractivity contribution in [3.05, 3.63) is 90.1 Å². The molecule has 3 aromatic rings. The summed E-state index contributed by atoms with van der Waals surface area (Å²) >= 11 is 1.93. The maximum absolute atomic E-state index is 13.1. The van der Waals surface area contributed by atoms with Gasteiger partial charge in [-0.15, -0.1) is 0 Å². The number of thioether (sulfide) groups is 1. The molecule has 3 atom stereocenters. The van der Waals surface area contributed by atoms with E-state index in [0.717, 1.165) is 95.0 Å². The van der Waals surface area contributed by atoms with Crippen LogP contribution in [-0.4, -0.2) is 125 Å². The van der Waals surface area contributed by atoms with Gasteiger partial charge in [0.2, 0.25) is 17.7 Å². The number of piperidine rings is 1. The summed E-state index contributed by atoms with van der Waals surface area (Å²) in [5.74, 6) is 2.62. The number of urea groups is 1. The second-order valence-electron chi connectivity index (χ2n) is 15.7. The largest absolute Gasteiger partial charge is 0.457 e. The first-order valence-corrected chi connectivity index (χ1v) is 22.0. The lowest BCUT2D eigenvalue weighted by Crippen LogP contribution is -2.61. The predicted octanol–water partition coefficient (Wildman–Crippen LogP) is 4.88. The molecule has 0 spiro atoms. The average molecular weight is 825 g/mol. The summed E-state index contributed by atoms with van der Waals surface area (Å²) in [4.78, 5) is 60.9. The number of carbonyl (C=O) groups excluding carboxylic acids is 4. The Labute approximate surface area is 350 Å². The van der Waals surface area contributed by atoms with Gasteiger partial charge in [0.15, 0.2) is 0 Å². The summed E-state index contributed by atoms with van der Waals surface area (Å²) in [7, 11) is 0. The number of fused-ring (bicyclic) bond motifs is 2. The minimum Gasteiger partial charge on any atom is -0.457 e. The van der Waals surface area contributed by atoms with Crippen molar-refractivity contribution in [3.8, 4) is 23.1 Å². The number of piperazine rings is 1. The van der Waals surface area contributed by atoms with Crippen molar-refractivity contribution in [1.82, 2.24) is 35.6 Å². The van der Waals surface area contributed by atoms with Crippen LogP contribution in [0.15, 0.2) is 78.9 Å². The zero-order valence-corrected chi connectivity index (χ0v) is 34.4. The molecule has 5 heterocycles. The van der Waals surface area contributed by atoms with E-state index < -0.39 is 5.91 Å². The number of rotatable bonds is 17. The fourth-order valence-corrected chi connectivity index (χ4v) is 9.59. The van der Waals surface area contributed by atoms with E-state index in [-0.39, 0.29) is 47.3 Å². The fraction of sp³-hybridized carbons (Fsp3) is 0.477. The van der Waals surface area contributed by atoms with Gasteiger partial charge in [-0.25, -0.2) is 9.78 Å². The highest BCUT2D eigenvalue weighted by molar-refractivity contribution is 8.00. The molecule has 4 aliphatic heterocycles. The summed E-state index contributed by atoms with van der Waals surface area (Å²) in [6, 6.07) is 20.6. The van der Waals surface area contributed by atoms with Crippen LogP contribution in [-0.2, 0) is 9.59 Å². The highest BCUT2D eigenvalue weighted by Gasteiger charge is 2.36. The Bertz CT molecular complexity index is 1920. The van der Waals surface area contributed by atoms with Crippen molar-refractivity contribution in [2.24, 2.45) is 5.73 Å². The molecule has 5 N–H and O–H groups in total. The summed E-state index contributed by atoms with van der Waals surface area (Å²) < 4.78 is 11.9. The Kier molecular flexibility index (Phi) is 14.8. The summed E-state index contributed by atoms with van der Waals surface area (Å²) in [6.45, 7) is 7.10. The molecule has 15 heteroatoms. The van der Waals surface area contributed by atoms with Crippen molar-refractivity contribution in [3.63, 3.8) is 0 Å². The molecule has 0 unspecified atom stereocenters. The Morgan fingerprint density at radius 1 is 0.864 bits per heavy atom. The van der Waals surface area contributed by atoms with E-state index in [2.05, 4.69) is 25.8 Å². The number of primary amides is 1. The number of benzene rings is 2. The first kappa shape index (κ1) is 42.0. The fourth-order valence-electron chi connectivity index (χ4n) is 8.15. The second-order valence-corrected chi connectivity index (χ2v) is 17.0. The number of ether oxygens (including phenoxy) is 2. The van der Waals surface area contributed by atoms with Crippen LogP contribution in [0.3, 0.4) is 0 Å². The first-order valence-electron chi connectivity index (χ1n) is 20.9. The third-order valence-corrected chi connectivity index (χ3v) is 13.1. The number of hydrogen-bond acceptors (Lipinski definition) is 10. The number of carbonyl (C=O) groups is 4. The SMILES string of the molecule is NC(=O)c1ccc(C2CCN(C(=O)/C=C/CN3CCN(CCNC(=O)CCCC[C@@H]4SC[C@@H]5C[C@@H]4NC(=O)N5)CC3)CC2)nc1Oc1ccc(Oc2ccccc2)cc1. The van der Waals surface area contributed by atoms with Crippen LogP contribution < -0.4 is 31.2 Å². The highest BCUT2D eigenvalue weighted by Crippen LogP contribution is 2.33. The van der Waals surface area contributed by atoms with E-state index in [4.69, 9.17) is 20.2 Å². The van der Waals surface area contributed by atoms with E-state index >= 15 is 0 Å². The first-order chi connectivity index (χ1) is 28.8. The van der Waals surface area contributed by atoms with E-state index in [1.807, 2.05) is 59.1 Å². The predicted molar refractivity (Wildman–Crippen MR) is 228 cm³/mol. The monoisotopic (exact) mass is 824 g/mol. The smallest absolute Gasteiger partial charge is 0.315 e. The molecule has 2 bridgehead atoms. The topological polar surface area (TPSA) is 171 Å². The summed E-state index contributed by atoms with van der Waals surface area (Å²) in [5.41, 5.74) is 6.67. The minimum atomic E-state index is -0.621. The third-order valence-electron chi connectivity index (χ3n) is 11.5. The van der Waals surface area contributed by atoms with Crippen LogP contribution in [0.1, 0.15) is 66.9 Å². The number of likely N-dealkylation sites (tertiary alicyclic amines) is 1. The molecular formula is C44H56N8O6S. The van der Waals surface area contributed by atoms with Crippen LogP contribution in [0.2, 0.25) is 0 Å². The van der Waals surface area contributed by atoms with Crippen LogP contribution in [0, 0.1) is 0 Å². The van der Waals surface area contributed by atoms with Gasteiger partial charge in [0.05, 0.1) is 0 Å². The Hall–Kier alpha value is -5.12. The number of nitrogens with one attached hydrogen (secondary N) is 3. The molecule has 59 heavy (non-hydrogen) atoms. The zero-order chi connectivity index (χ0) is 41.0. The van der Waals surface area contributed by atoms with Gasteiger partial charge >= 0.3 is 6.03 Å². The molecule has 7 rings (SSSR count). The number of nitrogens with zero attached hydrogens (tertiary/aromatic N) is 4. The minimum absolute atomic E-state index is 0.0138. The molecule has 314 valence electrons. The van der Waals surface area contributed by atoms with Crippen molar-refractivity contribution in [1.29, 1.82) is 0 Å². The van der Waals surface area contributed by atoms with E-state index in [1.54, 1.807) is 36.4 Å². The molecule has 0 saturated carbocycles. The Balaban J connectivity index is 0.764. The molecule has 4 fully saturated rings. The van der Waals surface area contributed by atoms with Gasteiger partial charge in [0, 0.05) is 106 Å². The van der Waals surface area contributed by atoms with E-state index in [1.165, 1.54) is 0 Å². The molecule has 0 aliphatic carbocycles. The van der Waals surface area contributed by atoms with Gasteiger partial charge in [-0.2, -0.15) is 11.8 Å². The van der Waals surface area contributed by atoms with Crippen molar-refractivity contribution in [2.45, 2.75) is 68.2 Å². The molecule has 4 saturated heterocycles. The Morgan fingerprint density at radius 2 is 1.58 bits per heavy atom. The molecule has 2 aromatic carbocycles. The molecule has 5 amide bonds. The number of unbranched alkanes of at least 4 members (excludes halogenated alkanes) is 1. The lowest BCUT2D eigenvalue weighted by molar-refractivity contribution is -0.127. The maximum Gasteiger partial charge on any atom is 0.315 e. The number of hydrogen-bond donors (Lipinski definition) is 4. The summed E-state index contributed by atoms with van der Waals surface area (Å²) in [5, 5.41) is 9.57. The van der Waals surface area contributed by atoms with Gasteiger partial charge in [0.25, 0.3) is 5.91 Å². The average Bonchev–Trinajstić information content (AvgIpc) is 3.24. The Morgan fingerprint density at radius 3 is 2.32 bits per heavy atom. The zero-order valence-electron chi connectivity index (χ0n) is 33.6. The molecule has 1 aromatic heterocycles. The lowest BCUT2D eigenvalue weighted by Gasteiger charge is -2.40. The van der Waals surface area contributed by atoms with Gasteiger partial charge in [-0.1, -0.05) is 30.7 Å². The number of aromatic nitrogens is 1. The van der Waals surface area contributed by atoms with Gasteiger partial charge in [0.1, 0.15) is 22.8 Å². The molecule has 14 nitrogen and oxygen atoms in total. The maximum atomic E-state index is 13.1. The van der Waals surface area contributed by atoms with Gasteiger partial charge in [-0.3, -0.25) is 24.2 Å². The highest BCUT2D eigenvalue weighted by atomic mass is 32.2. The van der Waals surface area contributed by atoms with Crippen molar-refractivity contribution < 1.29 is 28.7 Å². The van der Waals surface area contributed by atoms with Crippen molar-refractivity contribution in [2.75, 3.05) is 64.7 Å². The van der Waals surface area contributed by atoms with Crippen LogP contribution in [0.4, 0.5) is 4.79 Å². The second kappa shape index (κ2) is 20.7. The van der Waals surface area contributed by atoms with E-state index in [9.17, 15) is 19.2 Å². The van der Waals surface area contributed by atoms with Crippen molar-refractivity contribution >= 4 is 35.5 Å². The molecule has 0 radical (unpaired) electrons. The van der Waals surface area contributed by atoms with Crippen LogP contribution >= 0.6 is 11.8 Å². The van der Waals surface area contributed by atoms with Gasteiger partial charge < -0.3 is 36.1 Å². The number of para-hydroxylation sites is 1. The van der Waals surface area contributed by atoms with E-state index in [0.29, 0.717) is 42.8 Å². The lowest BCUT2D eigenvalue weighted by atomic mass is 9.92. The summed E-state index contributed by atoms with van der Waals surface area (Å²) in [6.07, 6.45) is 9.57. The molecule has 4 aliphatic rings. The van der Waals surface area contributed by atoms with Crippen LogP contribution in [0.25, 0.3) is 0 Å². The number of nitrogens with two attached hydrogens (primary N) is 1. The molecular weight excluding hydrogens is 769 g/mol. The van der Waals surface area contributed by atoms with Crippen LogP contribution in [0.5, 0.6) is 23.1 Å². The quantitative estimate of drug-likeness (QED) is 0.109. The standard InChI is InChI=1S/C44H56N8O6S/c45-42(55)36-16-17-37(48-43(36)58-35-14-12-34(13-15-35)57-33-7-2-1-3-8-33)31-18-22-52(23-19-31)41(54)11-6-21-50-25-27-51(28-26-50)24-20-46-40(53)10-5-4-9-39-38-29-32(30-59-39)47-44(56)49-38/h1-3,6-8,11-17,31-32,38-39H,4-5,9-10,18-30H2,(H2,45,55)(H,46,53)(H2,47,49,56)/b11-6+/t32-,38-,39-/m0/s1. The number of pyridine rings is 1. The number of amides is 5. The normalized spacial score (nSPS) is 21.4.